The van der Waals surface area contributed by atoms with E-state index in [4.69, 9.17) is 18.6 Å². The van der Waals surface area contributed by atoms with Crippen molar-refractivity contribution >= 4 is 6.01 Å². The largest absolute Gasteiger partial charge is 0.493 e. The summed E-state index contributed by atoms with van der Waals surface area (Å²) in [4.78, 5) is 0. The molecule has 1 aromatic carbocycles. The summed E-state index contributed by atoms with van der Waals surface area (Å²) in [5.74, 6) is 1.94. The molecule has 1 aromatic heterocycles. The molecule has 0 spiro atoms. The molecular weight excluding hydrogens is 286 g/mol. The Bertz CT molecular complexity index is 621. The zero-order valence-electron chi connectivity index (χ0n) is 13.7. The number of ether oxygens (including phenoxy) is 3. The van der Waals surface area contributed by atoms with E-state index in [1.165, 1.54) is 0 Å². The minimum atomic E-state index is -0.168. The molecule has 1 heterocycles. The highest BCUT2D eigenvalue weighted by Crippen LogP contribution is 2.41. The van der Waals surface area contributed by atoms with Crippen LogP contribution in [0.2, 0.25) is 0 Å². The monoisotopic (exact) mass is 307 g/mol. The van der Waals surface area contributed by atoms with Gasteiger partial charge in [0.05, 0.1) is 21.3 Å². The number of hydrogen-bond acceptors (Lipinski definition) is 7. The molecule has 7 heteroatoms. The van der Waals surface area contributed by atoms with Gasteiger partial charge in [0.1, 0.15) is 0 Å². The van der Waals surface area contributed by atoms with Crippen LogP contribution in [-0.2, 0) is 0 Å². The topological polar surface area (TPSA) is 78.6 Å². The van der Waals surface area contributed by atoms with E-state index >= 15 is 0 Å². The Morgan fingerprint density at radius 1 is 0.955 bits per heavy atom. The molecule has 2 aromatic rings. The minimum absolute atomic E-state index is 0.168. The summed E-state index contributed by atoms with van der Waals surface area (Å²) in [6, 6.07) is 3.88. The van der Waals surface area contributed by atoms with E-state index < -0.39 is 0 Å². The molecule has 1 N–H and O–H groups in total. The molecule has 0 aliphatic rings. The van der Waals surface area contributed by atoms with Crippen molar-refractivity contribution in [3.8, 4) is 28.7 Å². The van der Waals surface area contributed by atoms with E-state index in [0.717, 1.165) is 0 Å². The van der Waals surface area contributed by atoms with Crippen molar-refractivity contribution in [2.24, 2.45) is 0 Å². The predicted molar refractivity (Wildman–Crippen MR) is 82.8 cm³/mol. The lowest BCUT2D eigenvalue weighted by Gasteiger charge is -2.17. The molecule has 2 rings (SSSR count). The van der Waals surface area contributed by atoms with E-state index in [1.807, 2.05) is 20.8 Å². The molecular formula is C15H21N3O4. The Hall–Kier alpha value is -2.44. The second-order valence-corrected chi connectivity index (χ2v) is 5.70. The zero-order chi connectivity index (χ0) is 16.3. The number of hydrogen-bond donors (Lipinski definition) is 1. The van der Waals surface area contributed by atoms with Crippen molar-refractivity contribution < 1.29 is 18.6 Å². The lowest BCUT2D eigenvalue weighted by atomic mass is 10.1. The maximum absolute atomic E-state index is 5.63. The summed E-state index contributed by atoms with van der Waals surface area (Å²) in [6.45, 7) is 6.03. The second kappa shape index (κ2) is 6.13. The van der Waals surface area contributed by atoms with Crippen LogP contribution in [-0.4, -0.2) is 37.1 Å². The molecule has 0 saturated heterocycles. The molecule has 7 nitrogen and oxygen atoms in total. The number of rotatable bonds is 5. The number of benzene rings is 1. The summed E-state index contributed by atoms with van der Waals surface area (Å²) >= 11 is 0. The fourth-order valence-corrected chi connectivity index (χ4v) is 1.92. The smallest absolute Gasteiger partial charge is 0.316 e. The molecule has 22 heavy (non-hydrogen) atoms. The first-order chi connectivity index (χ1) is 10.4. The van der Waals surface area contributed by atoms with E-state index in [0.29, 0.717) is 34.7 Å². The number of anilines is 1. The SMILES string of the molecule is COc1cc(-c2nnc(NC(C)(C)C)o2)cc(OC)c1OC. The van der Waals surface area contributed by atoms with Gasteiger partial charge in [0.15, 0.2) is 11.5 Å². The predicted octanol–water partition coefficient (Wildman–Crippen LogP) is 2.97. The first-order valence-corrected chi connectivity index (χ1v) is 6.80. The van der Waals surface area contributed by atoms with Gasteiger partial charge in [0.25, 0.3) is 0 Å². The first kappa shape index (κ1) is 15.9. The van der Waals surface area contributed by atoms with Crippen molar-refractivity contribution in [3.63, 3.8) is 0 Å². The molecule has 0 saturated carbocycles. The van der Waals surface area contributed by atoms with Crippen molar-refractivity contribution in [2.75, 3.05) is 26.6 Å². The Labute approximate surface area is 129 Å². The maximum Gasteiger partial charge on any atom is 0.316 e. The number of aromatic nitrogens is 2. The Kier molecular flexibility index (Phi) is 4.44. The van der Waals surface area contributed by atoms with Crippen LogP contribution < -0.4 is 19.5 Å². The molecule has 0 aliphatic carbocycles. The van der Waals surface area contributed by atoms with Crippen LogP contribution in [0.1, 0.15) is 20.8 Å². The molecule has 0 unspecified atom stereocenters. The van der Waals surface area contributed by atoms with E-state index in [2.05, 4.69) is 15.5 Å². The third-order valence-corrected chi connectivity index (χ3v) is 2.82. The van der Waals surface area contributed by atoms with Gasteiger partial charge in [-0.2, -0.15) is 0 Å². The summed E-state index contributed by atoms with van der Waals surface area (Å²) in [7, 11) is 4.67. The maximum atomic E-state index is 5.63. The van der Waals surface area contributed by atoms with Gasteiger partial charge >= 0.3 is 6.01 Å². The average molecular weight is 307 g/mol. The van der Waals surface area contributed by atoms with Gasteiger partial charge in [-0.15, -0.1) is 5.10 Å². The molecule has 0 atom stereocenters. The van der Waals surface area contributed by atoms with Gasteiger partial charge in [-0.1, -0.05) is 5.10 Å². The van der Waals surface area contributed by atoms with Crippen LogP contribution >= 0.6 is 0 Å². The summed E-state index contributed by atoms with van der Waals surface area (Å²) in [5, 5.41) is 11.2. The third kappa shape index (κ3) is 3.41. The van der Waals surface area contributed by atoms with Crippen molar-refractivity contribution in [1.82, 2.24) is 10.2 Å². The van der Waals surface area contributed by atoms with Gasteiger partial charge in [0.2, 0.25) is 11.6 Å². The fourth-order valence-electron chi connectivity index (χ4n) is 1.92. The number of methoxy groups -OCH3 is 3. The van der Waals surface area contributed by atoms with E-state index in [9.17, 15) is 0 Å². The van der Waals surface area contributed by atoms with Gasteiger partial charge in [0, 0.05) is 11.1 Å². The van der Waals surface area contributed by atoms with Crippen LogP contribution in [0.3, 0.4) is 0 Å². The molecule has 0 bridgehead atoms. The van der Waals surface area contributed by atoms with Crippen molar-refractivity contribution in [3.05, 3.63) is 12.1 Å². The normalized spacial score (nSPS) is 11.2. The Morgan fingerprint density at radius 3 is 2.00 bits per heavy atom. The number of nitrogens with one attached hydrogen (secondary N) is 1. The van der Waals surface area contributed by atoms with Crippen molar-refractivity contribution in [2.45, 2.75) is 26.3 Å². The molecule has 0 fully saturated rings. The molecule has 0 amide bonds. The highest BCUT2D eigenvalue weighted by molar-refractivity contribution is 5.66. The Morgan fingerprint density at radius 2 is 1.55 bits per heavy atom. The Balaban J connectivity index is 2.40. The molecule has 0 aliphatic heterocycles. The first-order valence-electron chi connectivity index (χ1n) is 6.80. The summed E-state index contributed by atoms with van der Waals surface area (Å²) < 4.78 is 21.6. The van der Waals surface area contributed by atoms with Crippen LogP contribution in [0.4, 0.5) is 6.01 Å². The number of nitrogens with zero attached hydrogens (tertiary/aromatic N) is 2. The summed E-state index contributed by atoms with van der Waals surface area (Å²) in [5.41, 5.74) is 0.517. The van der Waals surface area contributed by atoms with Crippen LogP contribution in [0.5, 0.6) is 17.2 Å². The van der Waals surface area contributed by atoms with Crippen LogP contribution in [0.25, 0.3) is 11.5 Å². The van der Waals surface area contributed by atoms with Crippen molar-refractivity contribution in [1.29, 1.82) is 0 Å². The highest BCUT2D eigenvalue weighted by Gasteiger charge is 2.19. The van der Waals surface area contributed by atoms with Gasteiger partial charge < -0.3 is 23.9 Å². The van der Waals surface area contributed by atoms with Gasteiger partial charge in [-0.25, -0.2) is 0 Å². The molecule has 120 valence electrons. The highest BCUT2D eigenvalue weighted by atomic mass is 16.5. The van der Waals surface area contributed by atoms with E-state index in [-0.39, 0.29) is 5.54 Å². The lowest BCUT2D eigenvalue weighted by Crippen LogP contribution is -2.26. The van der Waals surface area contributed by atoms with Crippen LogP contribution in [0, 0.1) is 0 Å². The quantitative estimate of drug-likeness (QED) is 0.909. The third-order valence-electron chi connectivity index (χ3n) is 2.82. The zero-order valence-corrected chi connectivity index (χ0v) is 13.7. The minimum Gasteiger partial charge on any atom is -0.493 e. The van der Waals surface area contributed by atoms with E-state index in [1.54, 1.807) is 33.5 Å². The standard InChI is InChI=1S/C15H21N3O4/c1-15(2,3)16-14-18-17-13(22-14)9-7-10(19-4)12(21-6)11(8-9)20-5/h7-8H,1-6H3,(H,16,18). The fraction of sp³-hybridized carbons (Fsp3) is 0.467. The van der Waals surface area contributed by atoms with Gasteiger partial charge in [-0.3, -0.25) is 0 Å². The molecule has 0 radical (unpaired) electrons. The average Bonchev–Trinajstić information content (AvgIpc) is 2.91. The van der Waals surface area contributed by atoms with Gasteiger partial charge in [-0.05, 0) is 32.9 Å². The second-order valence-electron chi connectivity index (χ2n) is 5.70. The lowest BCUT2D eigenvalue weighted by molar-refractivity contribution is 0.324. The van der Waals surface area contributed by atoms with Crippen LogP contribution in [0.15, 0.2) is 16.5 Å². The summed E-state index contributed by atoms with van der Waals surface area (Å²) in [6.07, 6.45) is 0.